The predicted molar refractivity (Wildman–Crippen MR) is 73.3 cm³/mol. The van der Waals surface area contributed by atoms with E-state index in [-0.39, 0.29) is 18.2 Å². The number of carbonyl (C=O) groups is 1. The Bertz CT molecular complexity index is 474. The summed E-state index contributed by atoms with van der Waals surface area (Å²) in [4.78, 5) is 13.9. The van der Waals surface area contributed by atoms with Gasteiger partial charge in [0.15, 0.2) is 6.10 Å². The van der Waals surface area contributed by atoms with Crippen LogP contribution in [0.2, 0.25) is 5.02 Å². The van der Waals surface area contributed by atoms with Crippen molar-refractivity contribution in [1.82, 2.24) is 10.2 Å². The van der Waals surface area contributed by atoms with Gasteiger partial charge in [0.2, 0.25) is 0 Å². The lowest BCUT2D eigenvalue weighted by Gasteiger charge is -2.23. The fourth-order valence-electron chi connectivity index (χ4n) is 2.83. The maximum absolute atomic E-state index is 11.5. The van der Waals surface area contributed by atoms with E-state index in [0.29, 0.717) is 5.02 Å². The monoisotopic (exact) mass is 280 g/mol. The maximum atomic E-state index is 11.5. The van der Waals surface area contributed by atoms with Crippen LogP contribution in [0.1, 0.15) is 24.5 Å². The molecule has 3 rings (SSSR count). The minimum absolute atomic E-state index is 0.00377. The molecule has 0 saturated carbocycles. The van der Waals surface area contributed by atoms with E-state index >= 15 is 0 Å². The number of ether oxygens (including phenoxy) is 1. The second-order valence-corrected chi connectivity index (χ2v) is 5.58. The molecule has 2 aliphatic rings. The standard InChI is InChI=1S/C14H17ClN2O2/c15-11-5-3-4-10(8-11)13-12(16-14(18)19-13)9-17-6-1-2-7-17/h3-5,8,12-13H,1-2,6-7,9H2,(H,16,18)/t12?,13-/m1/s1. The van der Waals surface area contributed by atoms with Crippen molar-refractivity contribution in [2.45, 2.75) is 25.0 Å². The van der Waals surface area contributed by atoms with Gasteiger partial charge in [0.1, 0.15) is 0 Å². The zero-order valence-electron chi connectivity index (χ0n) is 10.6. The number of nitrogens with zero attached hydrogens (tertiary/aromatic N) is 1. The van der Waals surface area contributed by atoms with Gasteiger partial charge < -0.3 is 15.0 Å². The summed E-state index contributed by atoms with van der Waals surface area (Å²) >= 11 is 6.01. The van der Waals surface area contributed by atoms with Crippen LogP contribution in [-0.4, -0.2) is 36.7 Å². The Hall–Kier alpha value is -1.26. The number of hydrogen-bond acceptors (Lipinski definition) is 3. The Morgan fingerprint density at radius 1 is 1.37 bits per heavy atom. The Morgan fingerprint density at radius 3 is 2.89 bits per heavy atom. The van der Waals surface area contributed by atoms with Gasteiger partial charge in [0.25, 0.3) is 0 Å². The SMILES string of the molecule is O=C1NC(CN2CCCC2)[C@@H](c2cccc(Cl)c2)O1. The summed E-state index contributed by atoms with van der Waals surface area (Å²) < 4.78 is 5.39. The zero-order chi connectivity index (χ0) is 13.2. The van der Waals surface area contributed by atoms with Crippen molar-refractivity contribution in [2.75, 3.05) is 19.6 Å². The number of benzene rings is 1. The highest BCUT2D eigenvalue weighted by atomic mass is 35.5. The number of nitrogens with one attached hydrogen (secondary N) is 1. The molecule has 2 saturated heterocycles. The summed E-state index contributed by atoms with van der Waals surface area (Å²) in [5.41, 5.74) is 0.954. The Kier molecular flexibility index (Phi) is 3.62. The topological polar surface area (TPSA) is 41.6 Å². The van der Waals surface area contributed by atoms with E-state index in [0.717, 1.165) is 25.2 Å². The Labute approximate surface area is 117 Å². The largest absolute Gasteiger partial charge is 0.439 e. The van der Waals surface area contributed by atoms with Gasteiger partial charge in [0, 0.05) is 11.6 Å². The molecular weight excluding hydrogens is 264 g/mol. The van der Waals surface area contributed by atoms with Crippen LogP contribution in [0.4, 0.5) is 4.79 Å². The third-order valence-corrected chi connectivity index (χ3v) is 3.97. The van der Waals surface area contributed by atoms with Gasteiger partial charge in [-0.1, -0.05) is 23.7 Å². The van der Waals surface area contributed by atoms with Gasteiger partial charge in [-0.3, -0.25) is 0 Å². The van der Waals surface area contributed by atoms with Crippen molar-refractivity contribution in [3.63, 3.8) is 0 Å². The highest BCUT2D eigenvalue weighted by Gasteiger charge is 2.36. The molecule has 0 bridgehead atoms. The van der Waals surface area contributed by atoms with Crippen molar-refractivity contribution >= 4 is 17.7 Å². The van der Waals surface area contributed by atoms with E-state index in [1.807, 2.05) is 24.3 Å². The number of rotatable bonds is 3. The molecule has 19 heavy (non-hydrogen) atoms. The van der Waals surface area contributed by atoms with Crippen molar-refractivity contribution in [2.24, 2.45) is 0 Å². The molecule has 1 N–H and O–H groups in total. The summed E-state index contributed by atoms with van der Waals surface area (Å²) in [6, 6.07) is 7.53. The lowest BCUT2D eigenvalue weighted by Crippen LogP contribution is -2.39. The first kappa shape index (κ1) is 12.8. The van der Waals surface area contributed by atoms with Crippen LogP contribution < -0.4 is 5.32 Å². The molecule has 1 aromatic rings. The molecule has 0 spiro atoms. The van der Waals surface area contributed by atoms with Crippen LogP contribution in [0.25, 0.3) is 0 Å². The number of likely N-dealkylation sites (tertiary alicyclic amines) is 1. The fourth-order valence-corrected chi connectivity index (χ4v) is 3.03. The third-order valence-electron chi connectivity index (χ3n) is 3.73. The first-order valence-corrected chi connectivity index (χ1v) is 7.05. The quantitative estimate of drug-likeness (QED) is 0.925. The number of carbonyl (C=O) groups excluding carboxylic acids is 1. The molecular formula is C14H17ClN2O2. The first-order valence-electron chi connectivity index (χ1n) is 6.67. The summed E-state index contributed by atoms with van der Waals surface area (Å²) in [6.07, 6.45) is 1.90. The molecule has 0 aliphatic carbocycles. The number of alkyl carbamates (subject to hydrolysis) is 1. The average molecular weight is 281 g/mol. The zero-order valence-corrected chi connectivity index (χ0v) is 11.4. The third kappa shape index (κ3) is 2.85. The average Bonchev–Trinajstić information content (AvgIpc) is 3.00. The molecule has 0 aromatic heterocycles. The van der Waals surface area contributed by atoms with Crippen molar-refractivity contribution in [3.05, 3.63) is 34.9 Å². The first-order chi connectivity index (χ1) is 9.22. The lowest BCUT2D eigenvalue weighted by atomic mass is 10.0. The molecule has 1 amide bonds. The van der Waals surface area contributed by atoms with E-state index in [9.17, 15) is 4.79 Å². The van der Waals surface area contributed by atoms with Crippen molar-refractivity contribution in [3.8, 4) is 0 Å². The molecule has 1 aromatic carbocycles. The van der Waals surface area contributed by atoms with E-state index in [1.165, 1.54) is 12.8 Å². The van der Waals surface area contributed by atoms with Crippen LogP contribution in [0, 0.1) is 0 Å². The molecule has 5 heteroatoms. The summed E-state index contributed by atoms with van der Waals surface area (Å²) in [7, 11) is 0. The van der Waals surface area contributed by atoms with Crippen LogP contribution in [0.3, 0.4) is 0 Å². The number of amides is 1. The number of hydrogen-bond donors (Lipinski definition) is 1. The molecule has 2 atom stereocenters. The predicted octanol–water partition coefficient (Wildman–Crippen LogP) is 2.59. The Morgan fingerprint density at radius 2 is 2.16 bits per heavy atom. The van der Waals surface area contributed by atoms with Crippen molar-refractivity contribution in [1.29, 1.82) is 0 Å². The van der Waals surface area contributed by atoms with Gasteiger partial charge in [-0.15, -0.1) is 0 Å². The fraction of sp³-hybridized carbons (Fsp3) is 0.500. The number of cyclic esters (lactones) is 1. The summed E-state index contributed by atoms with van der Waals surface area (Å²) in [6.45, 7) is 3.05. The second kappa shape index (κ2) is 5.39. The number of halogens is 1. The Balaban J connectivity index is 1.76. The van der Waals surface area contributed by atoms with E-state index in [1.54, 1.807) is 0 Å². The molecule has 0 radical (unpaired) electrons. The highest BCUT2D eigenvalue weighted by Crippen LogP contribution is 2.29. The molecule has 2 aliphatic heterocycles. The minimum Gasteiger partial charge on any atom is -0.439 e. The van der Waals surface area contributed by atoms with Gasteiger partial charge in [-0.2, -0.15) is 0 Å². The van der Waals surface area contributed by atoms with Crippen molar-refractivity contribution < 1.29 is 9.53 Å². The van der Waals surface area contributed by atoms with E-state index < -0.39 is 0 Å². The maximum Gasteiger partial charge on any atom is 0.408 e. The molecule has 1 unspecified atom stereocenters. The van der Waals surface area contributed by atoms with Crippen LogP contribution in [0.5, 0.6) is 0 Å². The van der Waals surface area contributed by atoms with Gasteiger partial charge in [0.05, 0.1) is 6.04 Å². The molecule has 4 nitrogen and oxygen atoms in total. The van der Waals surface area contributed by atoms with E-state index in [4.69, 9.17) is 16.3 Å². The van der Waals surface area contributed by atoms with Gasteiger partial charge >= 0.3 is 6.09 Å². The van der Waals surface area contributed by atoms with Gasteiger partial charge in [-0.25, -0.2) is 4.79 Å². The minimum atomic E-state index is -0.339. The summed E-state index contributed by atoms with van der Waals surface area (Å²) in [5.74, 6) is 0. The van der Waals surface area contributed by atoms with Crippen LogP contribution >= 0.6 is 11.6 Å². The van der Waals surface area contributed by atoms with E-state index in [2.05, 4.69) is 10.2 Å². The lowest BCUT2D eigenvalue weighted by molar-refractivity contribution is 0.126. The van der Waals surface area contributed by atoms with Gasteiger partial charge in [-0.05, 0) is 43.6 Å². The van der Waals surface area contributed by atoms with Crippen LogP contribution in [0.15, 0.2) is 24.3 Å². The molecule has 2 heterocycles. The molecule has 2 fully saturated rings. The summed E-state index contributed by atoms with van der Waals surface area (Å²) in [5, 5.41) is 3.57. The second-order valence-electron chi connectivity index (χ2n) is 5.14. The smallest absolute Gasteiger partial charge is 0.408 e. The normalized spacial score (nSPS) is 27.3. The highest BCUT2D eigenvalue weighted by molar-refractivity contribution is 6.30. The molecule has 102 valence electrons. The van der Waals surface area contributed by atoms with Crippen LogP contribution in [-0.2, 0) is 4.74 Å².